The largest absolute Gasteiger partial charge is 0.496 e. The first-order valence-electron chi connectivity index (χ1n) is 6.57. The maximum absolute atomic E-state index is 12.0. The van der Waals surface area contributed by atoms with Gasteiger partial charge in [0.05, 0.1) is 17.6 Å². The molecule has 2 rings (SSSR count). The molecule has 22 heavy (non-hydrogen) atoms. The summed E-state index contributed by atoms with van der Waals surface area (Å²) in [5.41, 5.74) is 1.41. The Morgan fingerprint density at radius 3 is 2.59 bits per heavy atom. The third-order valence-corrected chi connectivity index (χ3v) is 3.18. The van der Waals surface area contributed by atoms with E-state index in [9.17, 15) is 14.9 Å². The maximum atomic E-state index is 12.0. The van der Waals surface area contributed by atoms with Gasteiger partial charge >= 0.3 is 5.97 Å². The van der Waals surface area contributed by atoms with Gasteiger partial charge in [-0.05, 0) is 25.1 Å². The van der Waals surface area contributed by atoms with Crippen molar-refractivity contribution in [1.29, 1.82) is 0 Å². The van der Waals surface area contributed by atoms with Crippen molar-refractivity contribution in [2.75, 3.05) is 7.11 Å². The molecule has 0 amide bonds. The highest BCUT2D eigenvalue weighted by molar-refractivity contribution is 5.90. The molecule has 0 aliphatic carbocycles. The van der Waals surface area contributed by atoms with Crippen molar-refractivity contribution in [1.82, 2.24) is 0 Å². The highest BCUT2D eigenvalue weighted by atomic mass is 16.6. The second-order valence-corrected chi connectivity index (χ2v) is 4.65. The van der Waals surface area contributed by atoms with Crippen molar-refractivity contribution in [3.8, 4) is 5.75 Å². The van der Waals surface area contributed by atoms with Crippen molar-refractivity contribution in [3.63, 3.8) is 0 Å². The van der Waals surface area contributed by atoms with Gasteiger partial charge in [0, 0.05) is 17.2 Å². The molecule has 0 N–H and O–H groups in total. The molecule has 2 aromatic carbocycles. The topological polar surface area (TPSA) is 78.7 Å². The van der Waals surface area contributed by atoms with E-state index in [2.05, 4.69) is 0 Å². The number of nitro groups is 1. The number of methoxy groups -OCH3 is 1. The number of aryl methyl sites for hydroxylation is 1. The summed E-state index contributed by atoms with van der Waals surface area (Å²) in [6, 6.07) is 11.4. The lowest BCUT2D eigenvalue weighted by molar-refractivity contribution is -0.385. The lowest BCUT2D eigenvalue weighted by Crippen LogP contribution is -2.07. The molecular weight excluding hydrogens is 286 g/mol. The molecule has 0 saturated heterocycles. The third-order valence-electron chi connectivity index (χ3n) is 3.18. The van der Waals surface area contributed by atoms with Gasteiger partial charge < -0.3 is 9.47 Å². The third kappa shape index (κ3) is 3.41. The van der Waals surface area contributed by atoms with Crippen molar-refractivity contribution >= 4 is 11.7 Å². The zero-order valence-corrected chi connectivity index (χ0v) is 12.2. The molecule has 0 spiro atoms. The first-order chi connectivity index (χ1) is 10.5. The van der Waals surface area contributed by atoms with Gasteiger partial charge in [0.15, 0.2) is 0 Å². The minimum atomic E-state index is -0.538. The van der Waals surface area contributed by atoms with Gasteiger partial charge in [-0.3, -0.25) is 10.1 Å². The molecule has 0 bridgehead atoms. The molecule has 6 nitrogen and oxygen atoms in total. The monoisotopic (exact) mass is 301 g/mol. The molecular formula is C16H15NO5. The van der Waals surface area contributed by atoms with Crippen molar-refractivity contribution in [2.45, 2.75) is 13.5 Å². The van der Waals surface area contributed by atoms with Gasteiger partial charge in [-0.2, -0.15) is 0 Å². The highest BCUT2D eigenvalue weighted by Gasteiger charge is 2.15. The van der Waals surface area contributed by atoms with Gasteiger partial charge in [-0.15, -0.1) is 0 Å². The first-order valence-corrected chi connectivity index (χ1v) is 6.57. The van der Waals surface area contributed by atoms with Crippen LogP contribution in [0.4, 0.5) is 5.69 Å². The van der Waals surface area contributed by atoms with Crippen LogP contribution in [-0.4, -0.2) is 18.0 Å². The first kappa shape index (κ1) is 15.5. The predicted octanol–water partition coefficient (Wildman–Crippen LogP) is 3.27. The molecule has 0 aliphatic heterocycles. The van der Waals surface area contributed by atoms with Crippen LogP contribution in [0.1, 0.15) is 21.5 Å². The number of nitro benzene ring substituents is 1. The van der Waals surface area contributed by atoms with Crippen LogP contribution >= 0.6 is 0 Å². The second-order valence-electron chi connectivity index (χ2n) is 4.65. The summed E-state index contributed by atoms with van der Waals surface area (Å²) >= 11 is 0. The molecule has 0 aliphatic rings. The number of hydrogen-bond acceptors (Lipinski definition) is 5. The lowest BCUT2D eigenvalue weighted by Gasteiger charge is -2.09. The van der Waals surface area contributed by atoms with Gasteiger partial charge in [0.25, 0.3) is 5.69 Å². The number of carbonyl (C=O) groups excluding carboxylic acids is 1. The Bertz CT molecular complexity index is 711. The van der Waals surface area contributed by atoms with Crippen LogP contribution < -0.4 is 4.74 Å². The Morgan fingerprint density at radius 1 is 1.23 bits per heavy atom. The molecule has 2 aromatic rings. The summed E-state index contributed by atoms with van der Waals surface area (Å²) in [6.07, 6.45) is 0. The van der Waals surface area contributed by atoms with Crippen molar-refractivity contribution < 1.29 is 19.2 Å². The van der Waals surface area contributed by atoms with Crippen LogP contribution in [0.15, 0.2) is 42.5 Å². The summed E-state index contributed by atoms with van der Waals surface area (Å²) in [5.74, 6) is 0.0964. The summed E-state index contributed by atoms with van der Waals surface area (Å²) in [6.45, 7) is 1.65. The number of ether oxygens (including phenoxy) is 2. The molecule has 0 atom stereocenters. The van der Waals surface area contributed by atoms with Crippen molar-refractivity contribution in [3.05, 3.63) is 69.3 Å². The van der Waals surface area contributed by atoms with Crippen LogP contribution in [0.5, 0.6) is 5.75 Å². The van der Waals surface area contributed by atoms with Crippen LogP contribution in [0, 0.1) is 17.0 Å². The van der Waals surface area contributed by atoms with Gasteiger partial charge in [0.1, 0.15) is 12.4 Å². The summed E-state index contributed by atoms with van der Waals surface area (Å²) in [7, 11) is 1.54. The zero-order chi connectivity index (χ0) is 16.1. The number of rotatable bonds is 5. The zero-order valence-electron chi connectivity index (χ0n) is 12.2. The van der Waals surface area contributed by atoms with Gasteiger partial charge in [-0.25, -0.2) is 4.79 Å². The van der Waals surface area contributed by atoms with Crippen LogP contribution in [0.2, 0.25) is 0 Å². The summed E-state index contributed by atoms with van der Waals surface area (Å²) in [5, 5.41) is 10.8. The average Bonchev–Trinajstić information content (AvgIpc) is 2.52. The summed E-state index contributed by atoms with van der Waals surface area (Å²) in [4.78, 5) is 22.3. The Balaban J connectivity index is 2.09. The van der Waals surface area contributed by atoms with E-state index in [4.69, 9.17) is 9.47 Å². The number of para-hydroxylation sites is 1. The normalized spacial score (nSPS) is 10.1. The minimum absolute atomic E-state index is 0.0266. The minimum Gasteiger partial charge on any atom is -0.496 e. The molecule has 0 radical (unpaired) electrons. The number of benzene rings is 2. The number of carbonyl (C=O) groups is 1. The van der Waals surface area contributed by atoms with E-state index < -0.39 is 10.9 Å². The fourth-order valence-electron chi connectivity index (χ4n) is 2.04. The molecule has 0 unspecified atom stereocenters. The van der Waals surface area contributed by atoms with Crippen LogP contribution in [-0.2, 0) is 11.3 Å². The Hall–Kier alpha value is -2.89. The van der Waals surface area contributed by atoms with Crippen molar-refractivity contribution in [2.24, 2.45) is 0 Å². The van der Waals surface area contributed by atoms with E-state index in [1.54, 1.807) is 26.2 Å². The smallest absolute Gasteiger partial charge is 0.338 e. The Morgan fingerprint density at radius 2 is 1.95 bits per heavy atom. The molecule has 114 valence electrons. The highest BCUT2D eigenvalue weighted by Crippen LogP contribution is 2.21. The maximum Gasteiger partial charge on any atom is 0.338 e. The van der Waals surface area contributed by atoms with E-state index in [1.807, 2.05) is 12.1 Å². The Kier molecular flexibility index (Phi) is 4.73. The average molecular weight is 301 g/mol. The fraction of sp³-hybridized carbons (Fsp3) is 0.188. The SMILES string of the molecule is COc1ccccc1COC(=O)c1ccc([N+](=O)[O-])c(C)c1. The van der Waals surface area contributed by atoms with Crippen LogP contribution in [0.25, 0.3) is 0 Å². The molecule has 0 fully saturated rings. The van der Waals surface area contributed by atoms with Gasteiger partial charge in [-0.1, -0.05) is 18.2 Å². The molecule has 6 heteroatoms. The lowest BCUT2D eigenvalue weighted by atomic mass is 10.1. The van der Waals surface area contributed by atoms with E-state index in [0.717, 1.165) is 5.56 Å². The number of hydrogen-bond donors (Lipinski definition) is 0. The van der Waals surface area contributed by atoms with Gasteiger partial charge in [0.2, 0.25) is 0 Å². The predicted molar refractivity (Wildman–Crippen MR) is 79.9 cm³/mol. The summed E-state index contributed by atoms with van der Waals surface area (Å²) < 4.78 is 10.4. The number of esters is 1. The fourth-order valence-corrected chi connectivity index (χ4v) is 2.04. The van der Waals surface area contributed by atoms with E-state index in [-0.39, 0.29) is 17.9 Å². The van der Waals surface area contributed by atoms with E-state index in [1.165, 1.54) is 18.2 Å². The van der Waals surface area contributed by atoms with E-state index >= 15 is 0 Å². The van der Waals surface area contributed by atoms with E-state index in [0.29, 0.717) is 11.3 Å². The Labute approximate surface area is 127 Å². The second kappa shape index (κ2) is 6.71. The van der Waals surface area contributed by atoms with Crippen LogP contribution in [0.3, 0.4) is 0 Å². The molecule has 0 aromatic heterocycles. The quantitative estimate of drug-likeness (QED) is 0.481. The molecule has 0 heterocycles. The number of nitrogens with zero attached hydrogens (tertiary/aromatic N) is 1. The standard InChI is InChI=1S/C16H15NO5/c1-11-9-12(7-8-14(11)17(19)20)16(18)22-10-13-5-3-4-6-15(13)21-2/h3-9H,10H2,1-2H3. The molecule has 0 saturated carbocycles.